The van der Waals surface area contributed by atoms with Crippen LogP contribution in [-0.4, -0.2) is 39.6 Å². The van der Waals surface area contributed by atoms with Gasteiger partial charge in [0.25, 0.3) is 0 Å². The number of rotatable bonds is 10. The molecule has 0 aromatic heterocycles. The standard InChI is InChI=1S/C15H24BrNO3/c1-12(2)19-8-9-20-15-5-4-14(16)10-13(15)11-17-6-7-18-3/h4-5,10,12,17H,6-9,11H2,1-3H3. The second-order valence-electron chi connectivity index (χ2n) is 4.69. The fraction of sp³-hybridized carbons (Fsp3) is 0.600. The highest BCUT2D eigenvalue weighted by Gasteiger charge is 2.05. The molecule has 0 bridgehead atoms. The van der Waals surface area contributed by atoms with Crippen molar-refractivity contribution in [1.82, 2.24) is 5.32 Å². The summed E-state index contributed by atoms with van der Waals surface area (Å²) < 4.78 is 17.3. The van der Waals surface area contributed by atoms with E-state index in [9.17, 15) is 0 Å². The van der Waals surface area contributed by atoms with Crippen molar-refractivity contribution in [3.05, 3.63) is 28.2 Å². The van der Waals surface area contributed by atoms with E-state index in [4.69, 9.17) is 14.2 Å². The number of hydrogen-bond acceptors (Lipinski definition) is 4. The molecule has 114 valence electrons. The number of nitrogens with one attached hydrogen (secondary N) is 1. The lowest BCUT2D eigenvalue weighted by Crippen LogP contribution is -2.19. The van der Waals surface area contributed by atoms with Gasteiger partial charge in [0.2, 0.25) is 0 Å². The number of benzene rings is 1. The summed E-state index contributed by atoms with van der Waals surface area (Å²) in [4.78, 5) is 0. The van der Waals surface area contributed by atoms with Crippen LogP contribution in [0.4, 0.5) is 0 Å². The first-order valence-electron chi connectivity index (χ1n) is 6.86. The summed E-state index contributed by atoms with van der Waals surface area (Å²) in [6.07, 6.45) is 0.235. The number of methoxy groups -OCH3 is 1. The molecule has 0 radical (unpaired) electrons. The van der Waals surface area contributed by atoms with E-state index in [1.54, 1.807) is 7.11 Å². The predicted molar refractivity (Wildman–Crippen MR) is 84.3 cm³/mol. The van der Waals surface area contributed by atoms with E-state index in [-0.39, 0.29) is 6.10 Å². The maximum Gasteiger partial charge on any atom is 0.123 e. The Bertz CT molecular complexity index is 385. The largest absolute Gasteiger partial charge is 0.491 e. The lowest BCUT2D eigenvalue weighted by Gasteiger charge is -2.14. The van der Waals surface area contributed by atoms with E-state index in [1.807, 2.05) is 26.0 Å². The molecule has 0 spiro atoms. The summed E-state index contributed by atoms with van der Waals surface area (Å²) in [5.74, 6) is 0.894. The van der Waals surface area contributed by atoms with Gasteiger partial charge >= 0.3 is 0 Å². The van der Waals surface area contributed by atoms with Crippen LogP contribution >= 0.6 is 15.9 Å². The zero-order valence-corrected chi connectivity index (χ0v) is 14.0. The van der Waals surface area contributed by atoms with E-state index < -0.39 is 0 Å². The summed E-state index contributed by atoms with van der Waals surface area (Å²) in [6, 6.07) is 6.03. The van der Waals surface area contributed by atoms with Gasteiger partial charge in [0, 0.05) is 30.2 Å². The third kappa shape index (κ3) is 7.24. The highest BCUT2D eigenvalue weighted by atomic mass is 79.9. The van der Waals surface area contributed by atoms with Crippen LogP contribution in [0.2, 0.25) is 0 Å². The molecule has 0 atom stereocenters. The van der Waals surface area contributed by atoms with Crippen molar-refractivity contribution in [2.75, 3.05) is 33.5 Å². The van der Waals surface area contributed by atoms with E-state index in [1.165, 1.54) is 0 Å². The minimum atomic E-state index is 0.235. The number of halogens is 1. The van der Waals surface area contributed by atoms with E-state index in [0.29, 0.717) is 19.8 Å². The average molecular weight is 346 g/mol. The molecule has 0 saturated heterocycles. The summed E-state index contributed by atoms with van der Waals surface area (Å²) >= 11 is 3.49. The third-order valence-corrected chi connectivity index (χ3v) is 3.11. The maximum absolute atomic E-state index is 5.78. The lowest BCUT2D eigenvalue weighted by atomic mass is 10.2. The minimum Gasteiger partial charge on any atom is -0.491 e. The summed E-state index contributed by atoms with van der Waals surface area (Å²) in [5, 5.41) is 3.32. The molecule has 1 aromatic rings. The van der Waals surface area contributed by atoms with Gasteiger partial charge in [-0.2, -0.15) is 0 Å². The topological polar surface area (TPSA) is 39.7 Å². The van der Waals surface area contributed by atoms with Crippen molar-refractivity contribution in [1.29, 1.82) is 0 Å². The fourth-order valence-electron chi connectivity index (χ4n) is 1.66. The molecule has 20 heavy (non-hydrogen) atoms. The van der Waals surface area contributed by atoms with Crippen molar-refractivity contribution >= 4 is 15.9 Å². The van der Waals surface area contributed by atoms with Crippen LogP contribution in [-0.2, 0) is 16.0 Å². The highest BCUT2D eigenvalue weighted by Crippen LogP contribution is 2.23. The molecule has 1 aromatic carbocycles. The Labute approximate surface area is 129 Å². The van der Waals surface area contributed by atoms with E-state index >= 15 is 0 Å². The zero-order valence-electron chi connectivity index (χ0n) is 12.4. The smallest absolute Gasteiger partial charge is 0.123 e. The highest BCUT2D eigenvalue weighted by molar-refractivity contribution is 9.10. The Balaban J connectivity index is 2.47. The lowest BCUT2D eigenvalue weighted by molar-refractivity contribution is 0.0550. The summed E-state index contributed by atoms with van der Waals surface area (Å²) in [6.45, 7) is 7.47. The second kappa shape index (κ2) is 10.2. The SMILES string of the molecule is COCCNCc1cc(Br)ccc1OCCOC(C)C. The predicted octanol–water partition coefficient (Wildman–Crippen LogP) is 2.99. The average Bonchev–Trinajstić information content (AvgIpc) is 2.41. The van der Waals surface area contributed by atoms with Crippen LogP contribution in [0, 0.1) is 0 Å². The Morgan fingerprint density at radius 1 is 1.20 bits per heavy atom. The van der Waals surface area contributed by atoms with E-state index in [2.05, 4.69) is 27.3 Å². The molecular weight excluding hydrogens is 322 g/mol. The second-order valence-corrected chi connectivity index (χ2v) is 5.61. The first-order valence-corrected chi connectivity index (χ1v) is 7.65. The van der Waals surface area contributed by atoms with Crippen molar-refractivity contribution in [3.63, 3.8) is 0 Å². The van der Waals surface area contributed by atoms with Crippen LogP contribution in [0.25, 0.3) is 0 Å². The molecule has 0 fully saturated rings. The maximum atomic E-state index is 5.78. The van der Waals surface area contributed by atoms with Crippen molar-refractivity contribution in [3.8, 4) is 5.75 Å². The molecule has 1 N–H and O–H groups in total. The molecule has 4 nitrogen and oxygen atoms in total. The molecule has 1 rings (SSSR count). The van der Waals surface area contributed by atoms with Crippen LogP contribution < -0.4 is 10.1 Å². The molecule has 0 saturated carbocycles. The normalized spacial score (nSPS) is 11.1. The van der Waals surface area contributed by atoms with Gasteiger partial charge in [-0.1, -0.05) is 15.9 Å². The van der Waals surface area contributed by atoms with Crippen LogP contribution in [0.15, 0.2) is 22.7 Å². The van der Waals surface area contributed by atoms with Crippen LogP contribution in [0.3, 0.4) is 0 Å². The zero-order chi connectivity index (χ0) is 14.8. The van der Waals surface area contributed by atoms with Gasteiger partial charge < -0.3 is 19.5 Å². The Morgan fingerprint density at radius 2 is 2.00 bits per heavy atom. The molecule has 0 aliphatic carbocycles. The third-order valence-electron chi connectivity index (χ3n) is 2.61. The Hall–Kier alpha value is -0.620. The van der Waals surface area contributed by atoms with Gasteiger partial charge in [-0.3, -0.25) is 0 Å². The molecular formula is C15H24BrNO3. The molecule has 0 aliphatic rings. The van der Waals surface area contributed by atoms with Gasteiger partial charge in [0.05, 0.1) is 19.3 Å². The number of hydrogen-bond donors (Lipinski definition) is 1. The monoisotopic (exact) mass is 345 g/mol. The fourth-order valence-corrected chi connectivity index (χ4v) is 2.07. The van der Waals surface area contributed by atoms with Gasteiger partial charge in [0.15, 0.2) is 0 Å². The van der Waals surface area contributed by atoms with Gasteiger partial charge in [-0.05, 0) is 32.0 Å². The van der Waals surface area contributed by atoms with Gasteiger partial charge in [-0.15, -0.1) is 0 Å². The molecule has 0 unspecified atom stereocenters. The quantitative estimate of drug-likeness (QED) is 0.661. The van der Waals surface area contributed by atoms with Crippen molar-refractivity contribution < 1.29 is 14.2 Å². The van der Waals surface area contributed by atoms with Crippen molar-refractivity contribution in [2.24, 2.45) is 0 Å². The van der Waals surface area contributed by atoms with E-state index in [0.717, 1.165) is 28.9 Å². The molecule has 5 heteroatoms. The molecule has 0 aliphatic heterocycles. The Morgan fingerprint density at radius 3 is 2.70 bits per heavy atom. The Kier molecular flexibility index (Phi) is 8.85. The number of ether oxygens (including phenoxy) is 3. The summed E-state index contributed by atoms with van der Waals surface area (Å²) in [7, 11) is 1.70. The first kappa shape index (κ1) is 17.4. The van der Waals surface area contributed by atoms with Crippen molar-refractivity contribution in [2.45, 2.75) is 26.5 Å². The summed E-state index contributed by atoms with van der Waals surface area (Å²) in [5.41, 5.74) is 1.13. The minimum absolute atomic E-state index is 0.235. The van der Waals surface area contributed by atoms with Gasteiger partial charge in [-0.25, -0.2) is 0 Å². The molecule has 0 amide bonds. The molecule has 0 heterocycles. The van der Waals surface area contributed by atoms with Gasteiger partial charge in [0.1, 0.15) is 12.4 Å². The van der Waals surface area contributed by atoms with Crippen LogP contribution in [0.5, 0.6) is 5.75 Å². The first-order chi connectivity index (χ1) is 9.63. The van der Waals surface area contributed by atoms with Crippen LogP contribution in [0.1, 0.15) is 19.4 Å².